The lowest BCUT2D eigenvalue weighted by molar-refractivity contribution is 0.254. The van der Waals surface area contributed by atoms with Gasteiger partial charge in [0.25, 0.3) is 0 Å². The van der Waals surface area contributed by atoms with E-state index in [0.29, 0.717) is 5.25 Å². The van der Waals surface area contributed by atoms with Gasteiger partial charge in [-0.1, -0.05) is 20.3 Å². The highest BCUT2D eigenvalue weighted by molar-refractivity contribution is 7.80. The van der Waals surface area contributed by atoms with E-state index in [-0.39, 0.29) is 0 Å². The van der Waals surface area contributed by atoms with Gasteiger partial charge in [-0.2, -0.15) is 12.6 Å². The molecule has 1 saturated heterocycles. The molecule has 0 bridgehead atoms. The van der Waals surface area contributed by atoms with Crippen molar-refractivity contribution in [1.82, 2.24) is 4.90 Å². The molecule has 0 aromatic rings. The maximum atomic E-state index is 4.47. The van der Waals surface area contributed by atoms with E-state index >= 15 is 0 Å². The number of thiol groups is 1. The molecule has 0 aromatic heterocycles. The molecule has 0 aromatic carbocycles. The van der Waals surface area contributed by atoms with Crippen LogP contribution in [0.4, 0.5) is 0 Å². The van der Waals surface area contributed by atoms with Crippen molar-refractivity contribution in [3.05, 3.63) is 0 Å². The molecule has 3 atom stereocenters. The summed E-state index contributed by atoms with van der Waals surface area (Å²) in [6.07, 6.45) is 3.96. The van der Waals surface area contributed by atoms with Crippen LogP contribution < -0.4 is 0 Å². The summed E-state index contributed by atoms with van der Waals surface area (Å²) < 4.78 is 0. The van der Waals surface area contributed by atoms with Crippen LogP contribution in [0.5, 0.6) is 0 Å². The third-order valence-corrected chi connectivity index (χ3v) is 3.28. The van der Waals surface area contributed by atoms with Crippen LogP contribution in [0.2, 0.25) is 0 Å². The van der Waals surface area contributed by atoms with E-state index in [1.54, 1.807) is 0 Å². The standard InChI is InChI=1S/C10H21NS/c1-4-9-5-6-11(3)10(9)7-8(2)12/h8-10,12H,4-7H2,1-3H3. The minimum absolute atomic E-state index is 0.546. The number of rotatable bonds is 3. The first kappa shape index (κ1) is 10.4. The molecule has 72 valence electrons. The SMILES string of the molecule is CCC1CCN(C)C1CC(C)S. The quantitative estimate of drug-likeness (QED) is 0.664. The Hall–Kier alpha value is 0.310. The molecular formula is C10H21NS. The van der Waals surface area contributed by atoms with E-state index in [1.807, 2.05) is 0 Å². The topological polar surface area (TPSA) is 3.24 Å². The van der Waals surface area contributed by atoms with Gasteiger partial charge in [0, 0.05) is 11.3 Å². The van der Waals surface area contributed by atoms with Crippen LogP contribution in [0.3, 0.4) is 0 Å². The van der Waals surface area contributed by atoms with Crippen LogP contribution in [-0.4, -0.2) is 29.8 Å². The molecule has 1 aliphatic rings. The molecule has 3 unspecified atom stereocenters. The van der Waals surface area contributed by atoms with Crippen LogP contribution in [0, 0.1) is 5.92 Å². The Morgan fingerprint density at radius 1 is 1.58 bits per heavy atom. The molecule has 12 heavy (non-hydrogen) atoms. The zero-order valence-electron chi connectivity index (χ0n) is 8.45. The van der Waals surface area contributed by atoms with Gasteiger partial charge in [-0.05, 0) is 32.4 Å². The predicted molar refractivity (Wildman–Crippen MR) is 57.9 cm³/mol. The van der Waals surface area contributed by atoms with Gasteiger partial charge in [-0.25, -0.2) is 0 Å². The van der Waals surface area contributed by atoms with E-state index in [9.17, 15) is 0 Å². The number of hydrogen-bond donors (Lipinski definition) is 1. The van der Waals surface area contributed by atoms with Gasteiger partial charge >= 0.3 is 0 Å². The Bertz CT molecular complexity index is 136. The molecule has 0 N–H and O–H groups in total. The van der Waals surface area contributed by atoms with Crippen LogP contribution in [0.1, 0.15) is 33.1 Å². The van der Waals surface area contributed by atoms with Gasteiger partial charge in [0.1, 0.15) is 0 Å². The van der Waals surface area contributed by atoms with Gasteiger partial charge in [0.2, 0.25) is 0 Å². The first-order valence-electron chi connectivity index (χ1n) is 5.03. The third-order valence-electron chi connectivity index (χ3n) is 3.07. The molecule has 1 rings (SSSR count). The number of nitrogens with zero attached hydrogens (tertiary/aromatic N) is 1. The van der Waals surface area contributed by atoms with Crippen molar-refractivity contribution in [1.29, 1.82) is 0 Å². The monoisotopic (exact) mass is 187 g/mol. The first-order chi connectivity index (χ1) is 5.65. The lowest BCUT2D eigenvalue weighted by atomic mass is 9.94. The van der Waals surface area contributed by atoms with Crippen molar-refractivity contribution in [2.45, 2.75) is 44.4 Å². The Morgan fingerprint density at radius 3 is 2.75 bits per heavy atom. The lowest BCUT2D eigenvalue weighted by Crippen LogP contribution is -2.31. The van der Waals surface area contributed by atoms with Crippen molar-refractivity contribution in [2.24, 2.45) is 5.92 Å². The van der Waals surface area contributed by atoms with E-state index in [0.717, 1.165) is 12.0 Å². The highest BCUT2D eigenvalue weighted by Crippen LogP contribution is 2.29. The molecule has 0 spiro atoms. The summed E-state index contributed by atoms with van der Waals surface area (Å²) in [7, 11) is 2.25. The van der Waals surface area contributed by atoms with Crippen LogP contribution >= 0.6 is 12.6 Å². The molecule has 1 heterocycles. The Balaban J connectivity index is 2.46. The first-order valence-corrected chi connectivity index (χ1v) is 5.55. The summed E-state index contributed by atoms with van der Waals surface area (Å²) >= 11 is 4.47. The van der Waals surface area contributed by atoms with E-state index in [2.05, 4.69) is 38.4 Å². The smallest absolute Gasteiger partial charge is 0.0131 e. The molecular weight excluding hydrogens is 166 g/mol. The van der Waals surface area contributed by atoms with Crippen molar-refractivity contribution in [2.75, 3.05) is 13.6 Å². The van der Waals surface area contributed by atoms with Crippen LogP contribution in [-0.2, 0) is 0 Å². The summed E-state index contributed by atoms with van der Waals surface area (Å²) in [6, 6.07) is 0.794. The normalized spacial score (nSPS) is 34.0. The zero-order valence-corrected chi connectivity index (χ0v) is 9.35. The Morgan fingerprint density at radius 2 is 2.25 bits per heavy atom. The molecule has 0 aliphatic carbocycles. The van der Waals surface area contributed by atoms with Crippen molar-refractivity contribution in [3.63, 3.8) is 0 Å². The summed E-state index contributed by atoms with van der Waals surface area (Å²) in [5.74, 6) is 0.921. The lowest BCUT2D eigenvalue weighted by Gasteiger charge is -2.25. The molecule has 1 aliphatic heterocycles. The fourth-order valence-corrected chi connectivity index (χ4v) is 2.50. The second-order valence-corrected chi connectivity index (χ2v) is 4.97. The second-order valence-electron chi connectivity index (χ2n) is 4.09. The molecule has 1 nitrogen and oxygen atoms in total. The highest BCUT2D eigenvalue weighted by Gasteiger charge is 2.30. The summed E-state index contributed by atoms with van der Waals surface area (Å²) in [5, 5.41) is 0.546. The van der Waals surface area contributed by atoms with Crippen LogP contribution in [0.15, 0.2) is 0 Å². The Labute approximate surface area is 81.9 Å². The van der Waals surface area contributed by atoms with Gasteiger partial charge in [-0.3, -0.25) is 0 Å². The van der Waals surface area contributed by atoms with Gasteiger partial charge in [0.15, 0.2) is 0 Å². The minimum atomic E-state index is 0.546. The average molecular weight is 187 g/mol. The largest absolute Gasteiger partial charge is 0.303 e. The summed E-state index contributed by atoms with van der Waals surface area (Å²) in [5.41, 5.74) is 0. The maximum Gasteiger partial charge on any atom is 0.0131 e. The van der Waals surface area contributed by atoms with E-state index < -0.39 is 0 Å². The summed E-state index contributed by atoms with van der Waals surface area (Å²) in [6.45, 7) is 5.78. The molecule has 2 heteroatoms. The Kier molecular flexibility index (Phi) is 3.91. The number of likely N-dealkylation sites (tertiary alicyclic amines) is 1. The maximum absolute atomic E-state index is 4.47. The molecule has 0 amide bonds. The highest BCUT2D eigenvalue weighted by atomic mass is 32.1. The van der Waals surface area contributed by atoms with E-state index in [4.69, 9.17) is 0 Å². The van der Waals surface area contributed by atoms with Gasteiger partial charge in [-0.15, -0.1) is 0 Å². The molecule has 0 saturated carbocycles. The zero-order chi connectivity index (χ0) is 9.14. The van der Waals surface area contributed by atoms with Gasteiger partial charge in [0.05, 0.1) is 0 Å². The fourth-order valence-electron chi connectivity index (χ4n) is 2.29. The fraction of sp³-hybridized carbons (Fsp3) is 1.00. The van der Waals surface area contributed by atoms with Crippen molar-refractivity contribution in [3.8, 4) is 0 Å². The van der Waals surface area contributed by atoms with Crippen molar-refractivity contribution < 1.29 is 0 Å². The second kappa shape index (κ2) is 4.52. The van der Waals surface area contributed by atoms with Crippen molar-refractivity contribution >= 4 is 12.6 Å². The van der Waals surface area contributed by atoms with Crippen LogP contribution in [0.25, 0.3) is 0 Å². The van der Waals surface area contributed by atoms with E-state index in [1.165, 1.54) is 25.8 Å². The summed E-state index contributed by atoms with van der Waals surface area (Å²) in [4.78, 5) is 2.50. The predicted octanol–water partition coefficient (Wildman–Crippen LogP) is 2.43. The average Bonchev–Trinajstić information content (AvgIpc) is 2.32. The van der Waals surface area contributed by atoms with Gasteiger partial charge < -0.3 is 4.90 Å². The molecule has 0 radical (unpaired) electrons. The minimum Gasteiger partial charge on any atom is -0.303 e. The third kappa shape index (κ3) is 2.40. The molecule has 1 fully saturated rings. The number of hydrogen-bond acceptors (Lipinski definition) is 2.